The van der Waals surface area contributed by atoms with Crippen molar-refractivity contribution in [1.29, 1.82) is 0 Å². The summed E-state index contributed by atoms with van der Waals surface area (Å²) in [6.07, 6.45) is 7.10. The number of aromatic nitrogens is 2. The van der Waals surface area contributed by atoms with Crippen molar-refractivity contribution in [2.75, 3.05) is 31.7 Å². The monoisotopic (exact) mass is 350 g/mol. The molecular weight excluding hydrogens is 324 g/mol. The van der Waals surface area contributed by atoms with Crippen molar-refractivity contribution in [2.24, 2.45) is 5.73 Å². The number of fused-ring (bicyclic) bond motifs is 2. The third kappa shape index (κ3) is 3.43. The van der Waals surface area contributed by atoms with Crippen LogP contribution in [-0.2, 0) is 21.6 Å². The largest absolute Gasteiger partial charge is 0.368 e. The number of piperidine rings is 1. The molecule has 1 amide bonds. The van der Waals surface area contributed by atoms with Gasteiger partial charge in [0, 0.05) is 19.3 Å². The first-order valence-electron chi connectivity index (χ1n) is 8.56. The summed E-state index contributed by atoms with van der Waals surface area (Å²) < 4.78 is 6.18. The highest BCUT2D eigenvalue weighted by Crippen LogP contribution is 2.40. The van der Waals surface area contributed by atoms with E-state index in [2.05, 4.69) is 9.97 Å². The summed E-state index contributed by atoms with van der Waals surface area (Å²) in [6.45, 7) is 3.95. The molecule has 1 saturated heterocycles. The van der Waals surface area contributed by atoms with E-state index >= 15 is 0 Å². The van der Waals surface area contributed by atoms with E-state index in [1.54, 1.807) is 11.8 Å². The Labute approximate surface area is 147 Å². The second kappa shape index (κ2) is 7.37. The van der Waals surface area contributed by atoms with Crippen molar-refractivity contribution in [2.45, 2.75) is 44.2 Å². The molecule has 24 heavy (non-hydrogen) atoms. The van der Waals surface area contributed by atoms with Gasteiger partial charge in [-0.05, 0) is 50.2 Å². The van der Waals surface area contributed by atoms with E-state index < -0.39 is 6.04 Å². The molecule has 0 saturated carbocycles. The molecule has 1 fully saturated rings. The molecule has 2 N–H and O–H groups in total. The van der Waals surface area contributed by atoms with E-state index in [-0.39, 0.29) is 11.5 Å². The second-order valence-corrected chi connectivity index (χ2v) is 7.58. The van der Waals surface area contributed by atoms with Crippen LogP contribution in [0.2, 0.25) is 0 Å². The highest BCUT2D eigenvalue weighted by Gasteiger charge is 2.43. The second-order valence-electron chi connectivity index (χ2n) is 6.60. The Morgan fingerprint density at radius 3 is 2.96 bits per heavy atom. The lowest BCUT2D eigenvalue weighted by Gasteiger charge is -2.44. The average Bonchev–Trinajstić information content (AvgIpc) is 2.60. The van der Waals surface area contributed by atoms with Crippen LogP contribution >= 0.6 is 11.8 Å². The van der Waals surface area contributed by atoms with Gasteiger partial charge in [-0.25, -0.2) is 9.97 Å². The van der Waals surface area contributed by atoms with Crippen molar-refractivity contribution >= 4 is 17.7 Å². The number of likely N-dealkylation sites (tertiary alicyclic amines) is 1. The number of thioether (sulfide) groups is 1. The third-order valence-corrected chi connectivity index (χ3v) is 5.64. The minimum absolute atomic E-state index is 0.0637. The number of aryl methyl sites for hydroxylation is 1. The molecule has 1 aromatic rings. The number of carbonyl (C=O) groups excluding carboxylic acids is 1. The Balaban J connectivity index is 1.69. The number of carbonyl (C=O) groups is 1. The minimum atomic E-state index is -0.393. The molecule has 0 unspecified atom stereocenters. The van der Waals surface area contributed by atoms with Crippen molar-refractivity contribution in [1.82, 2.24) is 14.9 Å². The van der Waals surface area contributed by atoms with Gasteiger partial charge in [-0.1, -0.05) is 0 Å². The number of nitrogens with zero attached hydrogens (tertiary/aromatic N) is 3. The zero-order valence-corrected chi connectivity index (χ0v) is 15.3. The molecule has 3 heterocycles. The number of hydrogen-bond donors (Lipinski definition) is 1. The zero-order chi connectivity index (χ0) is 17.2. The molecule has 0 radical (unpaired) electrons. The molecule has 2 aliphatic rings. The maximum absolute atomic E-state index is 12.5. The number of nitrogens with two attached hydrogens (primary N) is 1. The van der Waals surface area contributed by atoms with Gasteiger partial charge in [-0.15, -0.1) is 0 Å². The summed E-state index contributed by atoms with van der Waals surface area (Å²) in [5.41, 5.74) is 7.90. The maximum atomic E-state index is 12.5. The van der Waals surface area contributed by atoms with E-state index in [0.717, 1.165) is 43.0 Å². The van der Waals surface area contributed by atoms with Crippen LogP contribution in [-0.4, -0.2) is 58.5 Å². The van der Waals surface area contributed by atoms with E-state index in [1.807, 2.05) is 24.3 Å². The predicted molar refractivity (Wildman–Crippen MR) is 94.9 cm³/mol. The number of ether oxygens (including phenoxy) is 1. The highest BCUT2D eigenvalue weighted by molar-refractivity contribution is 7.98. The SMILES string of the molecule is CSCC[C@H](N)C(=O)N1CCC2(CC1)OCCc1cnc(C)nc12. The van der Waals surface area contributed by atoms with Crippen molar-refractivity contribution < 1.29 is 9.53 Å². The molecule has 0 aromatic carbocycles. The molecule has 0 bridgehead atoms. The molecule has 1 aromatic heterocycles. The van der Waals surface area contributed by atoms with Crippen LogP contribution < -0.4 is 5.73 Å². The van der Waals surface area contributed by atoms with Gasteiger partial charge in [-0.2, -0.15) is 11.8 Å². The summed E-state index contributed by atoms with van der Waals surface area (Å²) >= 11 is 1.72. The van der Waals surface area contributed by atoms with Crippen LogP contribution in [0.4, 0.5) is 0 Å². The predicted octanol–water partition coefficient (Wildman–Crippen LogP) is 1.26. The molecule has 6 nitrogen and oxygen atoms in total. The molecule has 7 heteroatoms. The molecule has 132 valence electrons. The van der Waals surface area contributed by atoms with Crippen molar-refractivity contribution in [3.8, 4) is 0 Å². The first kappa shape index (κ1) is 17.6. The van der Waals surface area contributed by atoms with E-state index in [1.165, 1.54) is 5.56 Å². The molecule has 2 aliphatic heterocycles. The molecule has 1 atom stereocenters. The lowest BCUT2D eigenvalue weighted by molar-refractivity contribution is -0.142. The normalized spacial score (nSPS) is 20.7. The molecule has 1 spiro atoms. The Morgan fingerprint density at radius 2 is 2.25 bits per heavy atom. The molecular formula is C17H26N4O2S. The van der Waals surface area contributed by atoms with Crippen LogP contribution in [0.25, 0.3) is 0 Å². The fourth-order valence-electron chi connectivity index (χ4n) is 3.57. The fourth-order valence-corrected chi connectivity index (χ4v) is 4.06. The standard InChI is InChI=1S/C17H26N4O2S/c1-12-19-11-13-3-9-23-17(15(13)20-12)5-7-21(8-6-17)16(22)14(18)4-10-24-2/h11,14H,3-10,18H2,1-2H3/t14-/m0/s1. The first-order chi connectivity index (χ1) is 11.6. The van der Waals surface area contributed by atoms with Crippen LogP contribution in [0.5, 0.6) is 0 Å². The van der Waals surface area contributed by atoms with Gasteiger partial charge < -0.3 is 15.4 Å². The Morgan fingerprint density at radius 1 is 1.50 bits per heavy atom. The van der Waals surface area contributed by atoms with Gasteiger partial charge in [0.05, 0.1) is 18.3 Å². The smallest absolute Gasteiger partial charge is 0.239 e. The van der Waals surface area contributed by atoms with Gasteiger partial charge >= 0.3 is 0 Å². The highest BCUT2D eigenvalue weighted by atomic mass is 32.2. The van der Waals surface area contributed by atoms with Gasteiger partial charge in [0.25, 0.3) is 0 Å². The van der Waals surface area contributed by atoms with Crippen LogP contribution in [0.15, 0.2) is 6.20 Å². The van der Waals surface area contributed by atoms with Crippen molar-refractivity contribution in [3.63, 3.8) is 0 Å². The summed E-state index contributed by atoms with van der Waals surface area (Å²) in [6, 6.07) is -0.393. The van der Waals surface area contributed by atoms with Gasteiger partial charge in [0.2, 0.25) is 5.91 Å². The third-order valence-electron chi connectivity index (χ3n) is 5.00. The minimum Gasteiger partial charge on any atom is -0.368 e. The Kier molecular flexibility index (Phi) is 5.42. The molecule has 3 rings (SSSR count). The molecule has 0 aliphatic carbocycles. The number of rotatable bonds is 4. The number of hydrogen-bond acceptors (Lipinski definition) is 6. The zero-order valence-electron chi connectivity index (χ0n) is 14.5. The van der Waals surface area contributed by atoms with Crippen molar-refractivity contribution in [3.05, 3.63) is 23.3 Å². The summed E-state index contributed by atoms with van der Waals surface area (Å²) in [5.74, 6) is 1.75. The Bertz CT molecular complexity index is 602. The van der Waals surface area contributed by atoms with Gasteiger partial charge in [0.1, 0.15) is 11.4 Å². The average molecular weight is 350 g/mol. The Hall–Kier alpha value is -1.18. The fraction of sp³-hybridized carbons (Fsp3) is 0.706. The lowest BCUT2D eigenvalue weighted by Crippen LogP contribution is -2.52. The number of amides is 1. The van der Waals surface area contributed by atoms with Crippen LogP contribution in [0.1, 0.15) is 36.3 Å². The van der Waals surface area contributed by atoms with E-state index in [9.17, 15) is 4.79 Å². The van der Waals surface area contributed by atoms with Crippen LogP contribution in [0.3, 0.4) is 0 Å². The van der Waals surface area contributed by atoms with Crippen LogP contribution in [0, 0.1) is 6.92 Å². The maximum Gasteiger partial charge on any atom is 0.239 e. The van der Waals surface area contributed by atoms with Gasteiger partial charge in [0.15, 0.2) is 0 Å². The summed E-state index contributed by atoms with van der Waals surface area (Å²) in [4.78, 5) is 23.4. The lowest BCUT2D eigenvalue weighted by atomic mass is 9.83. The summed E-state index contributed by atoms with van der Waals surface area (Å²) in [5, 5.41) is 0. The first-order valence-corrected chi connectivity index (χ1v) is 9.95. The van der Waals surface area contributed by atoms with E-state index in [4.69, 9.17) is 10.5 Å². The summed E-state index contributed by atoms with van der Waals surface area (Å²) in [7, 11) is 0. The topological polar surface area (TPSA) is 81.3 Å². The van der Waals surface area contributed by atoms with Gasteiger partial charge in [-0.3, -0.25) is 4.79 Å². The van der Waals surface area contributed by atoms with E-state index in [0.29, 0.717) is 19.7 Å². The quantitative estimate of drug-likeness (QED) is 0.880.